The molecule has 4 rings (SSSR count). The highest BCUT2D eigenvalue weighted by molar-refractivity contribution is 7.88. The van der Waals surface area contributed by atoms with Crippen molar-refractivity contribution in [3.8, 4) is 5.75 Å². The molecule has 3 aliphatic rings. The van der Waals surface area contributed by atoms with Gasteiger partial charge in [0.1, 0.15) is 30.1 Å². The van der Waals surface area contributed by atoms with E-state index in [0.29, 0.717) is 30.9 Å². The van der Waals surface area contributed by atoms with E-state index in [1.165, 1.54) is 11.8 Å². The third-order valence-corrected chi connectivity index (χ3v) is 6.30. The smallest absolute Gasteiger partial charge is 0.335 e. The molecular weight excluding hydrogens is 458 g/mol. The Bertz CT molecular complexity index is 1140. The Morgan fingerprint density at radius 3 is 2.68 bits per heavy atom. The molecule has 1 fully saturated rings. The van der Waals surface area contributed by atoms with Crippen molar-refractivity contribution in [2.45, 2.75) is 31.7 Å². The minimum Gasteiger partial charge on any atom is -0.497 e. The van der Waals surface area contributed by atoms with Gasteiger partial charge in [0.15, 0.2) is 5.76 Å². The highest BCUT2D eigenvalue weighted by Gasteiger charge is 2.42. The lowest BCUT2D eigenvalue weighted by molar-refractivity contribution is 0.156. The van der Waals surface area contributed by atoms with Crippen LogP contribution in [0.4, 0.5) is 4.79 Å². The molecule has 0 spiro atoms. The molecule has 1 aliphatic carbocycles. The number of amides is 2. The van der Waals surface area contributed by atoms with Crippen molar-refractivity contribution in [1.29, 1.82) is 0 Å². The number of rotatable bonds is 9. The predicted octanol–water partition coefficient (Wildman–Crippen LogP) is 3.20. The van der Waals surface area contributed by atoms with Crippen LogP contribution in [-0.4, -0.2) is 56.9 Å². The number of nitrogens with one attached hydrogen (secondary N) is 1. The van der Waals surface area contributed by atoms with Gasteiger partial charge in [-0.05, 0) is 37.0 Å². The largest absolute Gasteiger partial charge is 0.497 e. The normalized spacial score (nSPS) is 20.4. The summed E-state index contributed by atoms with van der Waals surface area (Å²) in [5, 5.41) is 1.10. The van der Waals surface area contributed by atoms with Gasteiger partial charge in [-0.2, -0.15) is 0 Å². The monoisotopic (exact) mass is 487 g/mol. The van der Waals surface area contributed by atoms with Crippen LogP contribution in [0.1, 0.15) is 24.8 Å². The van der Waals surface area contributed by atoms with Crippen molar-refractivity contribution >= 4 is 16.1 Å². The van der Waals surface area contributed by atoms with Crippen LogP contribution in [0, 0.1) is 0 Å². The lowest BCUT2D eigenvalue weighted by Crippen LogP contribution is -2.44. The summed E-state index contributed by atoms with van der Waals surface area (Å²) in [5.41, 5.74) is 2.26. The second kappa shape index (κ2) is 10.4. The average Bonchev–Trinajstić information content (AvgIpc) is 3.12. The number of hydrogen-bond acceptors (Lipinski definition) is 6. The first-order chi connectivity index (χ1) is 16.3. The molecule has 9 nitrogen and oxygen atoms in total. The summed E-state index contributed by atoms with van der Waals surface area (Å²) in [7, 11) is -2.02. The van der Waals surface area contributed by atoms with Gasteiger partial charge in [-0.25, -0.2) is 18.2 Å². The fourth-order valence-corrected chi connectivity index (χ4v) is 4.63. The Balaban J connectivity index is 1.48. The standard InChI is InChI=1S/C24H29N3O6S/c1-31-20-10-8-18(9-11-20)12-13-26-22(15-27(24(26)28)25-34(2,29)30)23-17-32-16-21(33-23)14-19-6-4-3-5-7-19/h3-4,6,8-11,16-17,22,25H,5,7,12-15H2,1-2H3. The molecule has 1 N–H and O–H groups in total. The zero-order valence-electron chi connectivity index (χ0n) is 19.3. The van der Waals surface area contributed by atoms with Gasteiger partial charge < -0.3 is 19.1 Å². The summed E-state index contributed by atoms with van der Waals surface area (Å²) >= 11 is 0. The van der Waals surface area contributed by atoms with Crippen LogP contribution in [0.25, 0.3) is 0 Å². The molecule has 34 heavy (non-hydrogen) atoms. The number of carbonyl (C=O) groups is 1. The average molecular weight is 488 g/mol. The third kappa shape index (κ3) is 6.00. The van der Waals surface area contributed by atoms with Crippen LogP contribution in [0.2, 0.25) is 0 Å². The Kier molecular flexibility index (Phi) is 7.28. The zero-order chi connectivity index (χ0) is 24.1. The molecular formula is C24H29N3O6S. The molecule has 2 aliphatic heterocycles. The number of ether oxygens (including phenoxy) is 3. The Labute approximate surface area is 200 Å². The number of methoxy groups -OCH3 is 1. The number of hydrogen-bond donors (Lipinski definition) is 1. The van der Waals surface area contributed by atoms with Crippen LogP contribution in [-0.2, 0) is 25.9 Å². The third-order valence-electron chi connectivity index (χ3n) is 5.75. The molecule has 0 radical (unpaired) electrons. The summed E-state index contributed by atoms with van der Waals surface area (Å²) in [5.74, 6) is 1.87. The first kappa shape index (κ1) is 23.9. The van der Waals surface area contributed by atoms with Gasteiger partial charge in [-0.15, -0.1) is 4.83 Å². The van der Waals surface area contributed by atoms with Gasteiger partial charge in [-0.3, -0.25) is 0 Å². The highest BCUT2D eigenvalue weighted by Crippen LogP contribution is 2.30. The number of benzene rings is 1. The lowest BCUT2D eigenvalue weighted by Gasteiger charge is -2.27. The van der Waals surface area contributed by atoms with Crippen LogP contribution in [0.3, 0.4) is 0 Å². The summed E-state index contributed by atoms with van der Waals surface area (Å²) in [6, 6.07) is 6.65. The minimum atomic E-state index is -3.63. The maximum Gasteiger partial charge on any atom is 0.335 e. The molecule has 1 aromatic carbocycles. The van der Waals surface area contributed by atoms with Crippen molar-refractivity contribution in [1.82, 2.24) is 14.7 Å². The summed E-state index contributed by atoms with van der Waals surface area (Å²) in [4.78, 5) is 17.0. The van der Waals surface area contributed by atoms with Crippen LogP contribution >= 0.6 is 0 Å². The number of carbonyl (C=O) groups excluding carboxylic acids is 1. The van der Waals surface area contributed by atoms with E-state index in [1.54, 1.807) is 18.3 Å². The first-order valence-corrected chi connectivity index (χ1v) is 13.0. The van der Waals surface area contributed by atoms with E-state index >= 15 is 0 Å². The molecule has 1 unspecified atom stereocenters. The molecule has 0 bridgehead atoms. The molecule has 1 atom stereocenters. The second-order valence-electron chi connectivity index (χ2n) is 8.37. The first-order valence-electron chi connectivity index (χ1n) is 11.1. The van der Waals surface area contributed by atoms with Crippen molar-refractivity contribution in [3.63, 3.8) is 0 Å². The summed E-state index contributed by atoms with van der Waals surface area (Å²) < 4.78 is 40.5. The van der Waals surface area contributed by atoms with Gasteiger partial charge in [0.05, 0.1) is 19.9 Å². The van der Waals surface area contributed by atoms with Gasteiger partial charge in [0.2, 0.25) is 10.0 Å². The fraction of sp³-hybridized carbons (Fsp3) is 0.375. The number of nitrogens with zero attached hydrogens (tertiary/aromatic N) is 2. The Morgan fingerprint density at radius 1 is 1.21 bits per heavy atom. The SMILES string of the molecule is COc1ccc(CCN2C(=O)N(NS(C)(=O)=O)CC2C2=COC=C(CC3=CC=CCC3)O2)cc1. The van der Waals surface area contributed by atoms with E-state index in [2.05, 4.69) is 17.0 Å². The number of hydrazine groups is 1. The van der Waals surface area contributed by atoms with Crippen molar-refractivity contribution < 1.29 is 27.4 Å². The van der Waals surface area contributed by atoms with Gasteiger partial charge >= 0.3 is 6.03 Å². The Morgan fingerprint density at radius 2 is 2.00 bits per heavy atom. The van der Waals surface area contributed by atoms with Gasteiger partial charge in [0.25, 0.3) is 0 Å². The van der Waals surface area contributed by atoms with Crippen LogP contribution < -0.4 is 9.57 Å². The topological polar surface area (TPSA) is 97.4 Å². The van der Waals surface area contributed by atoms with E-state index < -0.39 is 22.1 Å². The van der Waals surface area contributed by atoms with E-state index in [-0.39, 0.29) is 6.54 Å². The van der Waals surface area contributed by atoms with E-state index in [1.807, 2.05) is 30.3 Å². The molecule has 10 heteroatoms. The second-order valence-corrected chi connectivity index (χ2v) is 10.1. The van der Waals surface area contributed by atoms with Crippen molar-refractivity contribution in [2.75, 3.05) is 26.5 Å². The molecule has 2 amide bonds. The van der Waals surface area contributed by atoms with E-state index in [4.69, 9.17) is 14.2 Å². The van der Waals surface area contributed by atoms with E-state index in [0.717, 1.165) is 35.4 Å². The van der Waals surface area contributed by atoms with E-state index in [9.17, 15) is 13.2 Å². The molecule has 0 aromatic heterocycles. The molecule has 182 valence electrons. The quantitative estimate of drug-likeness (QED) is 0.575. The van der Waals surface area contributed by atoms with Crippen molar-refractivity contribution in [3.05, 3.63) is 77.7 Å². The maximum atomic E-state index is 13.1. The zero-order valence-corrected chi connectivity index (χ0v) is 20.1. The number of sulfonamides is 1. The molecule has 1 saturated heterocycles. The van der Waals surface area contributed by atoms with Gasteiger partial charge in [0, 0.05) is 13.0 Å². The molecule has 0 saturated carbocycles. The minimum absolute atomic E-state index is 0.0996. The van der Waals surface area contributed by atoms with Gasteiger partial charge in [-0.1, -0.05) is 35.9 Å². The predicted molar refractivity (Wildman–Crippen MR) is 127 cm³/mol. The number of urea groups is 1. The fourth-order valence-electron chi connectivity index (χ4n) is 4.08. The van der Waals surface area contributed by atoms with Crippen LogP contribution in [0.15, 0.2) is 72.1 Å². The van der Waals surface area contributed by atoms with Crippen LogP contribution in [0.5, 0.6) is 5.75 Å². The lowest BCUT2D eigenvalue weighted by atomic mass is 10.0. The Hall–Kier alpha value is -3.24. The molecule has 2 heterocycles. The highest BCUT2D eigenvalue weighted by atomic mass is 32.2. The molecule has 1 aromatic rings. The van der Waals surface area contributed by atoms with Crippen molar-refractivity contribution in [2.24, 2.45) is 0 Å². The summed E-state index contributed by atoms with van der Waals surface area (Å²) in [6.45, 7) is 0.468. The maximum absolute atomic E-state index is 13.1. The summed E-state index contributed by atoms with van der Waals surface area (Å²) in [6.07, 6.45) is 13.4. The number of allylic oxidation sites excluding steroid dienone is 4.